The van der Waals surface area contributed by atoms with E-state index in [1.165, 1.54) is 5.01 Å². The Hall–Kier alpha value is -0.460. The molecule has 6 heteroatoms. The lowest BCUT2D eigenvalue weighted by atomic mass is 10.2. The summed E-state index contributed by atoms with van der Waals surface area (Å²) in [6.07, 6.45) is 0. The quantitative estimate of drug-likeness (QED) is 0.940. The molecule has 1 unspecified atom stereocenters. The molecule has 2 aromatic heterocycles. The Balaban J connectivity index is 1.76. The lowest BCUT2D eigenvalue weighted by Crippen LogP contribution is -2.44. The molecule has 1 aliphatic rings. The fraction of sp³-hybridized carbons (Fsp3) is 0.462. The molecule has 19 heavy (non-hydrogen) atoms. The van der Waals surface area contributed by atoms with E-state index in [1.807, 2.05) is 6.07 Å². The molecular weight excluding hydrogens is 298 g/mol. The third kappa shape index (κ3) is 3.01. The predicted octanol–water partition coefficient (Wildman–Crippen LogP) is 3.49. The molecule has 3 rings (SSSR count). The summed E-state index contributed by atoms with van der Waals surface area (Å²) in [6.45, 7) is 6.58. The van der Waals surface area contributed by atoms with Crippen molar-refractivity contribution in [1.82, 2.24) is 15.2 Å². The van der Waals surface area contributed by atoms with Gasteiger partial charge in [-0.1, -0.05) is 11.6 Å². The minimum atomic E-state index is 0.398. The van der Waals surface area contributed by atoms with Gasteiger partial charge in [0.1, 0.15) is 5.01 Å². The number of thiazole rings is 1. The Morgan fingerprint density at radius 3 is 2.79 bits per heavy atom. The molecule has 0 aromatic carbocycles. The van der Waals surface area contributed by atoms with E-state index >= 15 is 0 Å². The van der Waals surface area contributed by atoms with Gasteiger partial charge in [-0.3, -0.25) is 4.90 Å². The van der Waals surface area contributed by atoms with Gasteiger partial charge in [-0.2, -0.15) is 0 Å². The molecule has 0 radical (unpaired) electrons. The molecule has 0 spiro atoms. The normalized spacial score (nSPS) is 18.6. The van der Waals surface area contributed by atoms with Gasteiger partial charge in [0.25, 0.3) is 0 Å². The van der Waals surface area contributed by atoms with Gasteiger partial charge in [-0.15, -0.1) is 22.7 Å². The summed E-state index contributed by atoms with van der Waals surface area (Å²) in [5.41, 5.74) is 2.18. The fourth-order valence-corrected chi connectivity index (χ4v) is 4.07. The number of nitrogens with zero attached hydrogens (tertiary/aromatic N) is 2. The maximum atomic E-state index is 5.98. The lowest BCUT2D eigenvalue weighted by molar-refractivity contribution is 0.185. The number of hydrogen-bond donors (Lipinski definition) is 1. The van der Waals surface area contributed by atoms with Crippen molar-refractivity contribution in [2.75, 3.05) is 26.2 Å². The molecule has 1 aliphatic heterocycles. The van der Waals surface area contributed by atoms with Crippen LogP contribution in [0.1, 0.15) is 18.0 Å². The van der Waals surface area contributed by atoms with Gasteiger partial charge < -0.3 is 5.32 Å². The molecule has 0 amide bonds. The Morgan fingerprint density at radius 1 is 1.32 bits per heavy atom. The molecule has 3 heterocycles. The smallest absolute Gasteiger partial charge is 0.110 e. The molecule has 0 saturated carbocycles. The van der Waals surface area contributed by atoms with E-state index in [1.54, 1.807) is 22.7 Å². The zero-order chi connectivity index (χ0) is 13.2. The molecule has 0 bridgehead atoms. The Bertz CT molecular complexity index is 546. The third-order valence-electron chi connectivity index (χ3n) is 3.44. The number of nitrogens with one attached hydrogen (secondary N) is 1. The van der Waals surface area contributed by atoms with Crippen LogP contribution in [0.25, 0.3) is 11.3 Å². The zero-order valence-corrected chi connectivity index (χ0v) is 13.1. The summed E-state index contributed by atoms with van der Waals surface area (Å²) >= 11 is 9.28. The lowest BCUT2D eigenvalue weighted by Gasteiger charge is -2.31. The minimum absolute atomic E-state index is 0.398. The SMILES string of the molecule is CC(c1nc(-c2csc(Cl)c2)cs1)N1CCNCC1. The first kappa shape index (κ1) is 13.5. The number of piperazine rings is 1. The number of thiophene rings is 1. The topological polar surface area (TPSA) is 28.2 Å². The Morgan fingerprint density at radius 2 is 2.11 bits per heavy atom. The van der Waals surface area contributed by atoms with Crippen LogP contribution in [0.5, 0.6) is 0 Å². The Labute approximate surface area is 126 Å². The highest BCUT2D eigenvalue weighted by Crippen LogP contribution is 2.32. The van der Waals surface area contributed by atoms with Gasteiger partial charge in [0.05, 0.1) is 16.1 Å². The maximum absolute atomic E-state index is 5.98. The molecule has 0 aliphatic carbocycles. The van der Waals surface area contributed by atoms with E-state index in [0.29, 0.717) is 6.04 Å². The summed E-state index contributed by atoms with van der Waals surface area (Å²) in [7, 11) is 0. The van der Waals surface area contributed by atoms with Crippen LogP contribution in [-0.2, 0) is 0 Å². The molecule has 1 N–H and O–H groups in total. The van der Waals surface area contributed by atoms with Gasteiger partial charge in [0.15, 0.2) is 0 Å². The fourth-order valence-electron chi connectivity index (χ4n) is 2.28. The monoisotopic (exact) mass is 313 g/mol. The van der Waals surface area contributed by atoms with Crippen molar-refractivity contribution >= 4 is 34.3 Å². The number of hydrogen-bond acceptors (Lipinski definition) is 5. The van der Waals surface area contributed by atoms with Crippen LogP contribution in [0.4, 0.5) is 0 Å². The third-order valence-corrected chi connectivity index (χ3v) is 5.55. The second kappa shape index (κ2) is 5.89. The van der Waals surface area contributed by atoms with Crippen molar-refractivity contribution in [3.8, 4) is 11.3 Å². The number of aromatic nitrogens is 1. The van der Waals surface area contributed by atoms with E-state index < -0.39 is 0 Å². The van der Waals surface area contributed by atoms with Crippen LogP contribution >= 0.6 is 34.3 Å². The zero-order valence-electron chi connectivity index (χ0n) is 10.7. The molecule has 1 saturated heterocycles. The second-order valence-corrected chi connectivity index (χ2v) is 7.10. The van der Waals surface area contributed by atoms with Crippen LogP contribution in [-0.4, -0.2) is 36.1 Å². The van der Waals surface area contributed by atoms with Gasteiger partial charge in [0.2, 0.25) is 0 Å². The standard InChI is InChI=1S/C13H16ClN3S2/c1-9(17-4-2-15-3-5-17)13-16-11(8-19-13)10-6-12(14)18-7-10/h6-9,15H,2-5H2,1H3. The number of rotatable bonds is 3. The summed E-state index contributed by atoms with van der Waals surface area (Å²) in [5.74, 6) is 0. The van der Waals surface area contributed by atoms with Crippen LogP contribution in [0, 0.1) is 0 Å². The molecule has 3 nitrogen and oxygen atoms in total. The van der Waals surface area contributed by atoms with Crippen LogP contribution < -0.4 is 5.32 Å². The highest BCUT2D eigenvalue weighted by Gasteiger charge is 2.20. The van der Waals surface area contributed by atoms with Crippen molar-refractivity contribution in [2.45, 2.75) is 13.0 Å². The summed E-state index contributed by atoms with van der Waals surface area (Å²) in [4.78, 5) is 7.26. The highest BCUT2D eigenvalue weighted by molar-refractivity contribution is 7.14. The molecule has 2 aromatic rings. The van der Waals surface area contributed by atoms with Crippen molar-refractivity contribution in [2.24, 2.45) is 0 Å². The van der Waals surface area contributed by atoms with Crippen molar-refractivity contribution in [1.29, 1.82) is 0 Å². The summed E-state index contributed by atoms with van der Waals surface area (Å²) in [5, 5.41) is 8.77. The second-order valence-electron chi connectivity index (χ2n) is 4.67. The van der Waals surface area contributed by atoms with Crippen molar-refractivity contribution < 1.29 is 0 Å². The van der Waals surface area contributed by atoms with Gasteiger partial charge >= 0.3 is 0 Å². The first-order chi connectivity index (χ1) is 9.24. The van der Waals surface area contributed by atoms with E-state index in [-0.39, 0.29) is 0 Å². The largest absolute Gasteiger partial charge is 0.314 e. The van der Waals surface area contributed by atoms with E-state index in [0.717, 1.165) is 41.8 Å². The maximum Gasteiger partial charge on any atom is 0.110 e. The van der Waals surface area contributed by atoms with Gasteiger partial charge in [-0.05, 0) is 13.0 Å². The van der Waals surface area contributed by atoms with Crippen LogP contribution in [0.3, 0.4) is 0 Å². The average Bonchev–Trinajstić information content (AvgIpc) is 3.07. The van der Waals surface area contributed by atoms with Crippen molar-refractivity contribution in [3.63, 3.8) is 0 Å². The van der Waals surface area contributed by atoms with Crippen LogP contribution in [0.15, 0.2) is 16.8 Å². The summed E-state index contributed by atoms with van der Waals surface area (Å²) < 4.78 is 0.819. The Kier molecular flexibility index (Phi) is 4.19. The van der Waals surface area contributed by atoms with Gasteiger partial charge in [0, 0.05) is 42.5 Å². The first-order valence-corrected chi connectivity index (χ1v) is 8.52. The minimum Gasteiger partial charge on any atom is -0.314 e. The van der Waals surface area contributed by atoms with E-state index in [4.69, 9.17) is 16.6 Å². The van der Waals surface area contributed by atoms with Crippen LogP contribution in [0.2, 0.25) is 4.34 Å². The molecular formula is C13H16ClN3S2. The first-order valence-electron chi connectivity index (χ1n) is 6.38. The van der Waals surface area contributed by atoms with E-state index in [9.17, 15) is 0 Å². The molecule has 1 fully saturated rings. The number of halogens is 1. The highest BCUT2D eigenvalue weighted by atomic mass is 35.5. The van der Waals surface area contributed by atoms with Crippen molar-refractivity contribution in [3.05, 3.63) is 26.2 Å². The molecule has 102 valence electrons. The average molecular weight is 314 g/mol. The van der Waals surface area contributed by atoms with Gasteiger partial charge in [-0.25, -0.2) is 4.98 Å². The summed E-state index contributed by atoms with van der Waals surface area (Å²) in [6, 6.07) is 2.38. The van der Waals surface area contributed by atoms with E-state index in [2.05, 4.69) is 27.9 Å². The molecule has 1 atom stereocenters. The predicted molar refractivity (Wildman–Crippen MR) is 83.3 cm³/mol.